The average Bonchev–Trinajstić information content (AvgIpc) is 2.19. The maximum Gasteiger partial charge on any atom is 0.128 e. The van der Waals surface area contributed by atoms with Crippen molar-refractivity contribution in [2.45, 2.75) is 12.1 Å². The van der Waals surface area contributed by atoms with Crippen molar-refractivity contribution < 1.29 is 9.50 Å². The van der Waals surface area contributed by atoms with Crippen molar-refractivity contribution in [2.24, 2.45) is 11.5 Å². The molecule has 0 aliphatic rings. The number of hydrogen-bond donors (Lipinski definition) is 3. The van der Waals surface area contributed by atoms with Crippen LogP contribution in [0.2, 0.25) is 0 Å². The van der Waals surface area contributed by atoms with Gasteiger partial charge in [0.05, 0.1) is 12.1 Å². The van der Waals surface area contributed by atoms with Crippen molar-refractivity contribution >= 4 is 15.9 Å². The molecule has 78 valence electrons. The lowest BCUT2D eigenvalue weighted by Gasteiger charge is -2.18. The highest BCUT2D eigenvalue weighted by atomic mass is 79.9. The van der Waals surface area contributed by atoms with Gasteiger partial charge in [-0.05, 0) is 18.2 Å². The highest BCUT2D eigenvalue weighted by molar-refractivity contribution is 9.10. The van der Waals surface area contributed by atoms with Crippen molar-refractivity contribution in [1.82, 2.24) is 0 Å². The molecule has 3 nitrogen and oxygen atoms in total. The van der Waals surface area contributed by atoms with Gasteiger partial charge < -0.3 is 16.6 Å². The predicted octanol–water partition coefficient (Wildman–Crippen LogP) is 0.908. The first-order valence-electron chi connectivity index (χ1n) is 4.15. The van der Waals surface area contributed by atoms with Gasteiger partial charge in [-0.15, -0.1) is 0 Å². The Morgan fingerprint density at radius 3 is 2.71 bits per heavy atom. The van der Waals surface area contributed by atoms with E-state index in [1.54, 1.807) is 12.1 Å². The smallest absolute Gasteiger partial charge is 0.128 e. The normalized spacial score (nSPS) is 15.2. The van der Waals surface area contributed by atoms with E-state index in [1.165, 1.54) is 6.07 Å². The van der Waals surface area contributed by atoms with Crippen molar-refractivity contribution in [3.63, 3.8) is 0 Å². The molecule has 0 heterocycles. The largest absolute Gasteiger partial charge is 0.390 e. The second kappa shape index (κ2) is 4.84. The third-order valence-electron chi connectivity index (χ3n) is 1.97. The molecule has 0 radical (unpaired) electrons. The van der Waals surface area contributed by atoms with Gasteiger partial charge in [0, 0.05) is 16.6 Å². The zero-order chi connectivity index (χ0) is 10.7. The predicted molar refractivity (Wildman–Crippen MR) is 56.1 cm³/mol. The summed E-state index contributed by atoms with van der Waals surface area (Å²) in [5.41, 5.74) is 11.1. The minimum absolute atomic E-state index is 0.00706. The third-order valence-corrected chi connectivity index (χ3v) is 2.47. The second-order valence-electron chi connectivity index (χ2n) is 2.99. The number of aliphatic hydroxyl groups excluding tert-OH is 1. The molecule has 2 unspecified atom stereocenters. The molecule has 1 aromatic rings. The van der Waals surface area contributed by atoms with Crippen LogP contribution in [0.15, 0.2) is 22.7 Å². The molecule has 1 rings (SSSR count). The molecule has 1 aromatic carbocycles. The Bertz CT molecular complexity index is 322. The number of halogens is 2. The number of rotatable bonds is 3. The number of aliphatic hydroxyl groups is 1. The summed E-state index contributed by atoms with van der Waals surface area (Å²) in [6, 6.07) is 3.61. The summed E-state index contributed by atoms with van der Waals surface area (Å²) in [6.45, 7) is 0.00706. The van der Waals surface area contributed by atoms with Gasteiger partial charge in [-0.25, -0.2) is 4.39 Å². The van der Waals surface area contributed by atoms with Crippen LogP contribution in [-0.2, 0) is 0 Å². The zero-order valence-electron chi connectivity index (χ0n) is 7.45. The highest BCUT2D eigenvalue weighted by Gasteiger charge is 2.18. The molecule has 0 aliphatic heterocycles. The van der Waals surface area contributed by atoms with Gasteiger partial charge in [-0.2, -0.15) is 0 Å². The quantitative estimate of drug-likeness (QED) is 0.758. The first-order valence-corrected chi connectivity index (χ1v) is 4.94. The van der Waals surface area contributed by atoms with Crippen molar-refractivity contribution in [1.29, 1.82) is 0 Å². The maximum absolute atomic E-state index is 13.3. The number of hydrogen-bond acceptors (Lipinski definition) is 3. The third kappa shape index (κ3) is 2.51. The van der Waals surface area contributed by atoms with Gasteiger partial charge in [0.15, 0.2) is 0 Å². The fourth-order valence-electron chi connectivity index (χ4n) is 1.12. The standard InChI is InChI=1S/C9H12BrFN2O/c10-5-1-2-7(11)6(3-5)9(13)8(14)4-12/h1-3,8-9,14H,4,12-13H2. The summed E-state index contributed by atoms with van der Waals surface area (Å²) >= 11 is 3.20. The molecule has 0 saturated heterocycles. The molecule has 0 aliphatic carbocycles. The van der Waals surface area contributed by atoms with Crippen LogP contribution in [0.3, 0.4) is 0 Å². The minimum Gasteiger partial charge on any atom is -0.390 e. The molecule has 0 spiro atoms. The van der Waals surface area contributed by atoms with E-state index < -0.39 is 18.0 Å². The average molecular weight is 263 g/mol. The lowest BCUT2D eigenvalue weighted by Crippen LogP contribution is -2.33. The van der Waals surface area contributed by atoms with Crippen LogP contribution in [-0.4, -0.2) is 17.8 Å². The Kier molecular flexibility index (Phi) is 4.00. The summed E-state index contributed by atoms with van der Waals surface area (Å²) in [5.74, 6) is -0.437. The van der Waals surface area contributed by atoms with E-state index in [9.17, 15) is 9.50 Å². The molecule has 14 heavy (non-hydrogen) atoms. The van der Waals surface area contributed by atoms with Crippen LogP contribution in [0.4, 0.5) is 4.39 Å². The summed E-state index contributed by atoms with van der Waals surface area (Å²) in [4.78, 5) is 0. The lowest BCUT2D eigenvalue weighted by molar-refractivity contribution is 0.151. The Morgan fingerprint density at radius 2 is 2.14 bits per heavy atom. The van der Waals surface area contributed by atoms with Crippen LogP contribution >= 0.6 is 15.9 Å². The van der Waals surface area contributed by atoms with Crippen LogP contribution < -0.4 is 11.5 Å². The molecule has 0 amide bonds. The SMILES string of the molecule is NCC(O)C(N)c1cc(Br)ccc1F. The molecule has 0 saturated carbocycles. The topological polar surface area (TPSA) is 72.3 Å². The highest BCUT2D eigenvalue weighted by Crippen LogP contribution is 2.22. The van der Waals surface area contributed by atoms with Gasteiger partial charge >= 0.3 is 0 Å². The van der Waals surface area contributed by atoms with Gasteiger partial charge in [0.25, 0.3) is 0 Å². The van der Waals surface area contributed by atoms with Gasteiger partial charge in [-0.1, -0.05) is 15.9 Å². The van der Waals surface area contributed by atoms with Gasteiger partial charge in [-0.3, -0.25) is 0 Å². The Balaban J connectivity index is 2.99. The molecular formula is C9H12BrFN2O. The van der Waals surface area contributed by atoms with E-state index >= 15 is 0 Å². The number of benzene rings is 1. The zero-order valence-corrected chi connectivity index (χ0v) is 9.04. The van der Waals surface area contributed by atoms with Crippen molar-refractivity contribution in [3.05, 3.63) is 34.1 Å². The van der Waals surface area contributed by atoms with Crippen LogP contribution in [0, 0.1) is 5.82 Å². The molecule has 0 bridgehead atoms. The van der Waals surface area contributed by atoms with E-state index in [1.807, 2.05) is 0 Å². The van der Waals surface area contributed by atoms with Crippen molar-refractivity contribution in [3.8, 4) is 0 Å². The van der Waals surface area contributed by atoms with E-state index in [4.69, 9.17) is 11.5 Å². The van der Waals surface area contributed by atoms with Crippen LogP contribution in [0.5, 0.6) is 0 Å². The summed E-state index contributed by atoms with van der Waals surface area (Å²) in [5, 5.41) is 9.36. The molecular weight excluding hydrogens is 251 g/mol. The first-order chi connectivity index (χ1) is 6.56. The maximum atomic E-state index is 13.3. The Hall–Kier alpha value is -0.490. The minimum atomic E-state index is -0.932. The second-order valence-corrected chi connectivity index (χ2v) is 3.91. The van der Waals surface area contributed by atoms with E-state index in [0.717, 1.165) is 0 Å². The van der Waals surface area contributed by atoms with Gasteiger partial charge in [0.2, 0.25) is 0 Å². The molecule has 2 atom stereocenters. The monoisotopic (exact) mass is 262 g/mol. The Morgan fingerprint density at radius 1 is 1.50 bits per heavy atom. The molecule has 5 heteroatoms. The van der Waals surface area contributed by atoms with E-state index in [0.29, 0.717) is 4.47 Å². The first kappa shape index (κ1) is 11.6. The van der Waals surface area contributed by atoms with Crippen molar-refractivity contribution in [2.75, 3.05) is 6.54 Å². The summed E-state index contributed by atoms with van der Waals surface area (Å²) in [7, 11) is 0. The fourth-order valence-corrected chi connectivity index (χ4v) is 1.50. The van der Waals surface area contributed by atoms with Crippen LogP contribution in [0.25, 0.3) is 0 Å². The summed E-state index contributed by atoms with van der Waals surface area (Å²) < 4.78 is 14.0. The Labute approximate surface area is 90.0 Å². The van der Waals surface area contributed by atoms with Gasteiger partial charge in [0.1, 0.15) is 5.82 Å². The summed E-state index contributed by atoms with van der Waals surface area (Å²) in [6.07, 6.45) is -0.932. The van der Waals surface area contributed by atoms with Crippen LogP contribution in [0.1, 0.15) is 11.6 Å². The molecule has 5 N–H and O–H groups in total. The van der Waals surface area contributed by atoms with E-state index in [-0.39, 0.29) is 12.1 Å². The lowest BCUT2D eigenvalue weighted by atomic mass is 10.0. The fraction of sp³-hybridized carbons (Fsp3) is 0.333. The molecule has 0 aromatic heterocycles. The number of nitrogens with two attached hydrogens (primary N) is 2. The van der Waals surface area contributed by atoms with E-state index in [2.05, 4.69) is 15.9 Å². The molecule has 0 fully saturated rings.